The first-order valence-electron chi connectivity index (χ1n) is 28.0. The van der Waals surface area contributed by atoms with Crippen molar-refractivity contribution in [1.82, 2.24) is 20.9 Å². The lowest BCUT2D eigenvalue weighted by atomic mass is 9.81. The van der Waals surface area contributed by atoms with Crippen LogP contribution < -0.4 is 37.2 Å². The molecular weight excluding hydrogens is 1150 g/mol. The molecule has 15 N–H and O–H groups in total. The molecule has 6 rings (SSSR count). The molecule has 4 aromatic rings. The molecule has 2 aliphatic rings. The summed E-state index contributed by atoms with van der Waals surface area (Å²) in [5, 5.41) is 99.4. The third-order valence-electron chi connectivity index (χ3n) is 12.7. The average Bonchev–Trinajstić information content (AvgIpc) is 2.04. The number of aliphatic hydroxyl groups is 4. The summed E-state index contributed by atoms with van der Waals surface area (Å²) >= 11 is 0. The fraction of sp³-hybridized carbons (Fsp3) is 0.482. The lowest BCUT2D eigenvalue weighted by Crippen LogP contribution is -2.34. The van der Waals surface area contributed by atoms with E-state index in [1.54, 1.807) is 52.0 Å². The van der Waals surface area contributed by atoms with Crippen LogP contribution in [-0.2, 0) is 32.0 Å². The molecule has 0 amide bonds. The second kappa shape index (κ2) is 36.6. The fourth-order valence-corrected chi connectivity index (χ4v) is 12.0. The first kappa shape index (κ1) is 71.1. The van der Waals surface area contributed by atoms with E-state index in [0.29, 0.717) is 127 Å². The van der Waals surface area contributed by atoms with Crippen molar-refractivity contribution in [1.29, 1.82) is 0 Å². The highest BCUT2D eigenvalue weighted by Gasteiger charge is 2.40. The van der Waals surface area contributed by atoms with Gasteiger partial charge in [0.15, 0.2) is 0 Å². The van der Waals surface area contributed by atoms with E-state index in [2.05, 4.69) is 37.2 Å². The monoisotopic (exact) mass is 1230 g/mol. The number of ketones is 4. The fourth-order valence-electron chi connectivity index (χ4n) is 9.06. The van der Waals surface area contributed by atoms with Gasteiger partial charge in [0.25, 0.3) is 0 Å². The molecule has 0 saturated heterocycles. The van der Waals surface area contributed by atoms with E-state index in [4.69, 9.17) is 33.4 Å². The predicted molar refractivity (Wildman–Crippen MR) is 321 cm³/mol. The molecule has 0 aromatic heterocycles. The highest BCUT2D eigenvalue weighted by molar-refractivity contribution is 7.54. The van der Waals surface area contributed by atoms with Gasteiger partial charge in [-0.15, -0.1) is 0 Å². The summed E-state index contributed by atoms with van der Waals surface area (Å²) in [5.74, 6) is -3.89. The van der Waals surface area contributed by atoms with Gasteiger partial charge in [0.2, 0.25) is 23.1 Å². The standard InChI is InChI=1S/C28H41N4O9P.C22H28N4O6.C6H13O4P/c1-3-40-42(39,41-4-2)18-15-32(14-17-34)13-11-31-20-6-5-19(30-10-9-29-12-16-33)23-24(20)28(38)26-22(36)8-7-21(35)25(26)27(23)37;27-11-9-23-5-7-25-13-1-2-14(26-8-6-24-10-12-28)18-17(13)21(31)19-15(29)3-4-16(30)20(19)22(18)32;1-3-9-11(8,6-5-7)10-4-2/h5-8,29-31,33-36H,3-4,9-18H2,1-2H3;1-4,23-30H,5-12H2;5H,3-4,6H2,1-2H3. The van der Waals surface area contributed by atoms with E-state index in [9.17, 15) is 58.6 Å². The minimum absolute atomic E-state index is 0.00939. The maximum Gasteiger partial charge on any atom is 0.337 e. The van der Waals surface area contributed by atoms with Crippen molar-refractivity contribution in [3.05, 3.63) is 93.0 Å². The molecule has 0 radical (unpaired) electrons. The Hall–Kier alpha value is -6.39. The number of aromatic hydroxyl groups is 4. The molecule has 0 aliphatic heterocycles. The van der Waals surface area contributed by atoms with Crippen LogP contribution in [0.4, 0.5) is 22.7 Å². The van der Waals surface area contributed by atoms with Crippen molar-refractivity contribution in [2.45, 2.75) is 27.7 Å². The summed E-state index contributed by atoms with van der Waals surface area (Å²) in [6, 6.07) is 11.4. The Kier molecular flexibility index (Phi) is 30.6. The van der Waals surface area contributed by atoms with Crippen LogP contribution in [-0.4, -0.2) is 225 Å². The first-order chi connectivity index (χ1) is 40.9. The Morgan fingerprint density at radius 2 is 0.706 bits per heavy atom. The summed E-state index contributed by atoms with van der Waals surface area (Å²) in [6.07, 6.45) is 0.533. The zero-order chi connectivity index (χ0) is 62.5. The minimum Gasteiger partial charge on any atom is -0.507 e. The number of nitrogens with one attached hydrogen (secondary N) is 7. The van der Waals surface area contributed by atoms with Crippen LogP contribution in [0.2, 0.25) is 0 Å². The number of fused-ring (bicyclic) bond motifs is 4. The van der Waals surface area contributed by atoms with Gasteiger partial charge in [0.05, 0.1) is 104 Å². The second-order valence-electron chi connectivity index (χ2n) is 18.5. The van der Waals surface area contributed by atoms with Gasteiger partial charge in [-0.25, -0.2) is 0 Å². The predicted octanol–water partition coefficient (Wildman–Crippen LogP) is 3.15. The van der Waals surface area contributed by atoms with Crippen molar-refractivity contribution in [2.75, 3.05) is 172 Å². The smallest absolute Gasteiger partial charge is 0.337 e. The number of phenols is 4. The van der Waals surface area contributed by atoms with Gasteiger partial charge in [-0.1, -0.05) is 0 Å². The summed E-state index contributed by atoms with van der Waals surface area (Å²) in [7, 11) is -6.36. The Balaban J connectivity index is 0.000000317. The molecule has 2 aliphatic carbocycles. The van der Waals surface area contributed by atoms with Crippen LogP contribution in [0.1, 0.15) is 91.4 Å². The Morgan fingerprint density at radius 1 is 0.400 bits per heavy atom. The highest BCUT2D eigenvalue weighted by Crippen LogP contribution is 2.49. The van der Waals surface area contributed by atoms with Gasteiger partial charge < -0.3 is 101 Å². The number of hydrogen-bond donors (Lipinski definition) is 15. The van der Waals surface area contributed by atoms with Crippen LogP contribution in [0.5, 0.6) is 23.0 Å². The SMILES string of the molecule is CCOP(=O)(CC=O)OCC.CCOP(=O)(CCN(CCO)CCNc1ccc(NCCNCCO)c2c1C(=O)c1c(O)ccc(O)c1C2=O)OCC.O=C1c2c(O)ccc(O)c2C(=O)c2c(NCCNCCO)ccc(NCCNCCO)c21. The van der Waals surface area contributed by atoms with Gasteiger partial charge in [0, 0.05) is 108 Å². The van der Waals surface area contributed by atoms with Gasteiger partial charge in [-0.05, 0) is 76.2 Å². The zero-order valence-corrected chi connectivity index (χ0v) is 50.2. The van der Waals surface area contributed by atoms with Crippen molar-refractivity contribution < 1.29 is 92.0 Å². The minimum atomic E-state index is -3.27. The van der Waals surface area contributed by atoms with Crippen molar-refractivity contribution in [2.24, 2.45) is 0 Å². The van der Waals surface area contributed by atoms with E-state index in [-0.39, 0.29) is 108 Å². The zero-order valence-electron chi connectivity index (χ0n) is 48.4. The molecule has 0 fully saturated rings. The summed E-state index contributed by atoms with van der Waals surface area (Å²) in [4.78, 5) is 66.0. The number of aliphatic hydroxyl groups excluding tert-OH is 4. The van der Waals surface area contributed by atoms with Gasteiger partial charge >= 0.3 is 15.2 Å². The number of anilines is 4. The van der Waals surface area contributed by atoms with E-state index in [0.717, 1.165) is 0 Å². The Morgan fingerprint density at radius 3 is 0.988 bits per heavy atom. The quantitative estimate of drug-likeness (QED) is 0.0115. The van der Waals surface area contributed by atoms with Crippen molar-refractivity contribution >= 4 is 67.4 Å². The first-order valence-corrected chi connectivity index (χ1v) is 31.4. The molecule has 4 aromatic carbocycles. The Labute approximate surface area is 493 Å². The van der Waals surface area contributed by atoms with Crippen LogP contribution in [0.25, 0.3) is 0 Å². The molecule has 0 spiro atoms. The molecule has 0 unspecified atom stereocenters. The van der Waals surface area contributed by atoms with Crippen LogP contribution in [0.3, 0.4) is 0 Å². The summed E-state index contributed by atoms with van der Waals surface area (Å²) in [6.45, 7) is 13.3. The number of phenolic OH excluding ortho intramolecular Hbond substituents is 4. The number of nitrogens with zero attached hydrogens (tertiary/aromatic N) is 1. The van der Waals surface area contributed by atoms with E-state index < -0.39 is 49.8 Å². The largest absolute Gasteiger partial charge is 0.507 e. The lowest BCUT2D eigenvalue weighted by Gasteiger charge is -2.26. The van der Waals surface area contributed by atoms with Gasteiger partial charge in [-0.2, -0.15) is 0 Å². The number of benzene rings is 4. The van der Waals surface area contributed by atoms with Gasteiger partial charge in [0.1, 0.15) is 35.4 Å². The van der Waals surface area contributed by atoms with Crippen LogP contribution in [0.15, 0.2) is 48.5 Å². The molecule has 470 valence electrons. The lowest BCUT2D eigenvalue weighted by molar-refractivity contribution is -0.106. The summed E-state index contributed by atoms with van der Waals surface area (Å²) < 4.78 is 44.6. The topological polar surface area (TPSA) is 406 Å². The maximum absolute atomic E-state index is 13.7. The molecule has 27 nitrogen and oxygen atoms in total. The number of hydrogen-bond acceptors (Lipinski definition) is 27. The molecule has 0 saturated carbocycles. The average molecular weight is 1230 g/mol. The molecule has 29 heteroatoms. The molecule has 0 atom stereocenters. The van der Waals surface area contributed by atoms with E-state index in [1.807, 2.05) is 4.90 Å². The molecule has 0 heterocycles. The number of aldehydes is 1. The molecule has 0 bridgehead atoms. The summed E-state index contributed by atoms with van der Waals surface area (Å²) in [5.41, 5.74) is 1.04. The van der Waals surface area contributed by atoms with Crippen molar-refractivity contribution in [3.8, 4) is 23.0 Å². The third kappa shape index (κ3) is 19.8. The van der Waals surface area contributed by atoms with Crippen LogP contribution in [0, 0.1) is 0 Å². The highest BCUT2D eigenvalue weighted by atomic mass is 31.2. The van der Waals surface area contributed by atoms with E-state index in [1.165, 1.54) is 24.3 Å². The van der Waals surface area contributed by atoms with Gasteiger partial charge in [-0.3, -0.25) is 33.2 Å². The number of carbonyl (C=O) groups excluding carboxylic acids is 5. The molecule has 85 heavy (non-hydrogen) atoms. The van der Waals surface area contributed by atoms with Crippen LogP contribution >= 0.6 is 15.2 Å². The van der Waals surface area contributed by atoms with E-state index >= 15 is 0 Å². The number of rotatable bonds is 37. The number of carbonyl (C=O) groups is 5. The Bertz CT molecular complexity index is 2870. The maximum atomic E-state index is 13.7. The van der Waals surface area contributed by atoms with Crippen molar-refractivity contribution in [3.63, 3.8) is 0 Å². The normalized spacial score (nSPS) is 12.5. The second-order valence-corrected chi connectivity index (χ2v) is 22.8. The third-order valence-corrected chi connectivity index (χ3v) is 16.7. The molecular formula is C56H82N8O19P2.